The van der Waals surface area contributed by atoms with E-state index in [2.05, 4.69) is 6.92 Å². The molecule has 1 aliphatic carbocycles. The summed E-state index contributed by atoms with van der Waals surface area (Å²) in [5.41, 5.74) is 2.67. The summed E-state index contributed by atoms with van der Waals surface area (Å²) in [5, 5.41) is 0. The van der Waals surface area contributed by atoms with Crippen molar-refractivity contribution in [3.8, 4) is 0 Å². The average Bonchev–Trinajstić information content (AvgIpc) is 2.65. The molecule has 0 saturated carbocycles. The smallest absolute Gasteiger partial charge is 0.334 e. The van der Waals surface area contributed by atoms with Gasteiger partial charge in [-0.1, -0.05) is 0 Å². The van der Waals surface area contributed by atoms with Crippen LogP contribution < -0.4 is 0 Å². The molecule has 4 heteroatoms. The number of esters is 1. The van der Waals surface area contributed by atoms with Gasteiger partial charge in [0, 0.05) is 17.6 Å². The maximum Gasteiger partial charge on any atom is 0.334 e. The van der Waals surface area contributed by atoms with Crippen LogP contribution in [0.25, 0.3) is 0 Å². The first-order valence-electron chi connectivity index (χ1n) is 6.73. The predicted molar refractivity (Wildman–Crippen MR) is 66.6 cm³/mol. The van der Waals surface area contributed by atoms with Gasteiger partial charge in [0.25, 0.3) is 0 Å². The van der Waals surface area contributed by atoms with Gasteiger partial charge in [-0.2, -0.15) is 0 Å². The second-order valence-corrected chi connectivity index (χ2v) is 5.91. The molecule has 1 aromatic rings. The third-order valence-electron chi connectivity index (χ3n) is 4.46. The largest absolute Gasteiger partial charge is 0.469 e. The van der Waals surface area contributed by atoms with Gasteiger partial charge in [0.1, 0.15) is 11.9 Å². The van der Waals surface area contributed by atoms with Crippen molar-refractivity contribution in [2.24, 2.45) is 0 Å². The second kappa shape index (κ2) is 3.51. The maximum atomic E-state index is 11.9. The van der Waals surface area contributed by atoms with Crippen LogP contribution in [-0.4, -0.2) is 17.7 Å². The van der Waals surface area contributed by atoms with E-state index in [4.69, 9.17) is 13.9 Å². The minimum atomic E-state index is -0.282. The van der Waals surface area contributed by atoms with Crippen LogP contribution >= 0.6 is 0 Å². The lowest BCUT2D eigenvalue weighted by Crippen LogP contribution is -2.15. The molecule has 0 amide bonds. The summed E-state index contributed by atoms with van der Waals surface area (Å²) in [4.78, 5) is 11.9. The lowest BCUT2D eigenvalue weighted by Gasteiger charge is -2.12. The summed E-state index contributed by atoms with van der Waals surface area (Å²) in [6.07, 6.45) is 5.98. The van der Waals surface area contributed by atoms with Gasteiger partial charge < -0.3 is 13.9 Å². The van der Waals surface area contributed by atoms with Gasteiger partial charge in [0.05, 0.1) is 18.0 Å². The van der Waals surface area contributed by atoms with E-state index in [1.165, 1.54) is 0 Å². The highest BCUT2D eigenvalue weighted by Crippen LogP contribution is 2.46. The van der Waals surface area contributed by atoms with Crippen LogP contribution in [0, 0.1) is 6.92 Å². The monoisotopic (exact) mass is 260 g/mol. The Morgan fingerprint density at radius 3 is 3.11 bits per heavy atom. The fraction of sp³-hybridized carbons (Fsp3) is 0.533. The van der Waals surface area contributed by atoms with Gasteiger partial charge in [-0.05, 0) is 38.3 Å². The van der Waals surface area contributed by atoms with E-state index in [0.717, 1.165) is 41.7 Å². The Balaban J connectivity index is 1.82. The van der Waals surface area contributed by atoms with Crippen LogP contribution in [0.2, 0.25) is 0 Å². The number of carbonyl (C=O) groups is 1. The topological polar surface area (TPSA) is 52.0 Å². The Morgan fingerprint density at radius 1 is 1.42 bits per heavy atom. The normalized spacial score (nSPS) is 36.1. The fourth-order valence-electron chi connectivity index (χ4n) is 3.25. The minimum Gasteiger partial charge on any atom is -0.469 e. The van der Waals surface area contributed by atoms with E-state index >= 15 is 0 Å². The zero-order chi connectivity index (χ0) is 13.2. The van der Waals surface area contributed by atoms with Crippen LogP contribution in [0.4, 0.5) is 0 Å². The third kappa shape index (κ3) is 1.59. The van der Waals surface area contributed by atoms with Gasteiger partial charge in [-0.25, -0.2) is 4.79 Å². The minimum absolute atomic E-state index is 0.139. The Bertz CT molecular complexity index is 597. The molecule has 0 N–H and O–H groups in total. The first kappa shape index (κ1) is 11.3. The molecular formula is C15H16O4. The molecule has 4 nitrogen and oxygen atoms in total. The van der Waals surface area contributed by atoms with E-state index in [-0.39, 0.29) is 23.8 Å². The summed E-state index contributed by atoms with van der Waals surface area (Å²) in [7, 11) is 0. The maximum absolute atomic E-state index is 11.9. The van der Waals surface area contributed by atoms with Crippen LogP contribution in [0.15, 0.2) is 22.3 Å². The Labute approximate surface area is 111 Å². The molecule has 0 unspecified atom stereocenters. The van der Waals surface area contributed by atoms with Crippen molar-refractivity contribution in [3.63, 3.8) is 0 Å². The number of furan rings is 1. The molecule has 3 aliphatic rings. The standard InChI is InChI=1S/C15H16O4/c1-8-7-17-11-6-15(2)12(19-15)4-3-9-5-10(13(8)11)18-14(9)16/h5,7,10,12H,3-4,6H2,1-2H3/t10-,12+,15+/m0/s1. The molecule has 0 aromatic carbocycles. The molecule has 3 atom stereocenters. The molecule has 2 aliphatic heterocycles. The van der Waals surface area contributed by atoms with Gasteiger partial charge in [-0.15, -0.1) is 0 Å². The highest BCUT2D eigenvalue weighted by Gasteiger charge is 2.53. The van der Waals surface area contributed by atoms with Crippen molar-refractivity contribution >= 4 is 5.97 Å². The van der Waals surface area contributed by atoms with Crippen molar-refractivity contribution < 1.29 is 18.7 Å². The first-order valence-corrected chi connectivity index (χ1v) is 6.73. The third-order valence-corrected chi connectivity index (χ3v) is 4.46. The summed E-state index contributed by atoms with van der Waals surface area (Å²) in [6.45, 7) is 4.10. The van der Waals surface area contributed by atoms with Gasteiger partial charge >= 0.3 is 5.97 Å². The van der Waals surface area contributed by atoms with E-state index < -0.39 is 0 Å². The van der Waals surface area contributed by atoms with Crippen molar-refractivity contribution in [2.75, 3.05) is 0 Å². The molecule has 1 fully saturated rings. The molecule has 1 saturated heterocycles. The second-order valence-electron chi connectivity index (χ2n) is 5.91. The number of carbonyl (C=O) groups excluding carboxylic acids is 1. The lowest BCUT2D eigenvalue weighted by atomic mass is 9.92. The van der Waals surface area contributed by atoms with Crippen LogP contribution in [0.1, 0.15) is 42.8 Å². The lowest BCUT2D eigenvalue weighted by molar-refractivity contribution is -0.140. The number of aryl methyl sites for hydroxylation is 1. The van der Waals surface area contributed by atoms with Crippen LogP contribution in [-0.2, 0) is 20.7 Å². The number of hydrogen-bond acceptors (Lipinski definition) is 4. The zero-order valence-electron chi connectivity index (χ0n) is 11.1. The predicted octanol–water partition coefficient (Wildman–Crippen LogP) is 2.61. The van der Waals surface area contributed by atoms with Gasteiger partial charge in [0.2, 0.25) is 0 Å². The number of hydrogen-bond donors (Lipinski definition) is 0. The van der Waals surface area contributed by atoms with E-state index in [0.29, 0.717) is 0 Å². The Morgan fingerprint density at radius 2 is 2.26 bits per heavy atom. The fourth-order valence-corrected chi connectivity index (χ4v) is 3.25. The van der Waals surface area contributed by atoms with Crippen molar-refractivity contribution in [1.29, 1.82) is 0 Å². The van der Waals surface area contributed by atoms with Crippen molar-refractivity contribution in [3.05, 3.63) is 34.8 Å². The van der Waals surface area contributed by atoms with Gasteiger partial charge in [-0.3, -0.25) is 0 Å². The number of epoxide rings is 1. The van der Waals surface area contributed by atoms with E-state index in [9.17, 15) is 4.79 Å². The van der Waals surface area contributed by atoms with Crippen LogP contribution in [0.3, 0.4) is 0 Å². The molecular weight excluding hydrogens is 244 g/mol. The summed E-state index contributed by atoms with van der Waals surface area (Å²) in [5.74, 6) is 0.695. The quantitative estimate of drug-likeness (QED) is 0.531. The average molecular weight is 260 g/mol. The van der Waals surface area contributed by atoms with Crippen molar-refractivity contribution in [1.82, 2.24) is 0 Å². The highest BCUT2D eigenvalue weighted by molar-refractivity contribution is 5.91. The van der Waals surface area contributed by atoms with Crippen molar-refractivity contribution in [2.45, 2.75) is 50.9 Å². The number of ether oxygens (including phenoxy) is 2. The number of rotatable bonds is 0. The van der Waals surface area contributed by atoms with E-state index in [1.54, 1.807) is 6.26 Å². The molecule has 1 aromatic heterocycles. The molecule has 100 valence electrons. The zero-order valence-corrected chi connectivity index (χ0v) is 11.1. The Hall–Kier alpha value is -1.55. The first-order chi connectivity index (χ1) is 9.07. The van der Waals surface area contributed by atoms with E-state index in [1.807, 2.05) is 13.0 Å². The summed E-state index contributed by atoms with van der Waals surface area (Å²) >= 11 is 0. The molecule has 0 spiro atoms. The SMILES string of the molecule is Cc1coc2c1[C@@H]1C=C(CC[C@H]3O[C@]3(C)C2)C(=O)O1. The summed E-state index contributed by atoms with van der Waals surface area (Å²) in [6, 6.07) is 0. The molecule has 19 heavy (non-hydrogen) atoms. The number of fused-ring (bicyclic) bond motifs is 4. The van der Waals surface area contributed by atoms with Crippen LogP contribution in [0.5, 0.6) is 0 Å². The molecule has 0 radical (unpaired) electrons. The molecule has 2 bridgehead atoms. The Kier molecular flexibility index (Phi) is 2.09. The van der Waals surface area contributed by atoms with Gasteiger partial charge in [0.15, 0.2) is 0 Å². The molecule has 3 heterocycles. The summed E-state index contributed by atoms with van der Waals surface area (Å²) < 4.78 is 16.9. The highest BCUT2D eigenvalue weighted by atomic mass is 16.6. The molecule has 4 rings (SSSR count).